The van der Waals surface area contributed by atoms with Gasteiger partial charge in [0.15, 0.2) is 0 Å². The number of ether oxygens (including phenoxy) is 1. The second kappa shape index (κ2) is 18.3. The van der Waals surface area contributed by atoms with E-state index in [1.807, 2.05) is 6.20 Å². The maximum Gasteiger partial charge on any atom is 0.137 e. The highest BCUT2D eigenvalue weighted by Crippen LogP contribution is 2.52. The minimum atomic E-state index is -0.443. The van der Waals surface area contributed by atoms with Crippen molar-refractivity contribution in [3.8, 4) is 28.4 Å². The largest absolute Gasteiger partial charge is 0.457 e. The van der Waals surface area contributed by atoms with E-state index in [-0.39, 0.29) is 16.2 Å². The number of hydrogen-bond donors (Lipinski definition) is 0. The first kappa shape index (κ1) is 49.2. The smallest absolute Gasteiger partial charge is 0.137 e. The molecule has 0 saturated carbocycles. The van der Waals surface area contributed by atoms with Crippen molar-refractivity contribution in [2.45, 2.75) is 117 Å². The van der Waals surface area contributed by atoms with Crippen molar-refractivity contribution >= 4 is 33.2 Å². The number of aromatic nitrogens is 2. The molecule has 1 aliphatic rings. The Bertz CT molecular complexity index is 3510. The molecule has 10 rings (SSSR count). The third kappa shape index (κ3) is 9.24. The monoisotopic (exact) mass is 961 g/mol. The van der Waals surface area contributed by atoms with Crippen molar-refractivity contribution in [1.29, 1.82) is 0 Å². The van der Waals surface area contributed by atoms with E-state index >= 15 is 0 Å². The summed E-state index contributed by atoms with van der Waals surface area (Å²) in [6.07, 6.45) is 1.95. The molecule has 0 aliphatic carbocycles. The molecular weight excluding hydrogens is 889 g/mol. The number of nitrogens with zero attached hydrogens (tertiary/aromatic N) is 4. The Hall–Kier alpha value is -7.37. The van der Waals surface area contributed by atoms with Gasteiger partial charge in [0.25, 0.3) is 0 Å². The van der Waals surface area contributed by atoms with Crippen LogP contribution in [0.2, 0.25) is 0 Å². The summed E-state index contributed by atoms with van der Waals surface area (Å²) in [5.41, 5.74) is 14.2. The molecule has 7 aromatic carbocycles. The quantitative estimate of drug-likeness (QED) is 0.137. The molecule has 0 fully saturated rings. The number of para-hydroxylation sites is 1. The van der Waals surface area contributed by atoms with E-state index in [1.165, 1.54) is 55.7 Å². The molecule has 0 N–H and O–H groups in total. The SMILES string of the molecule is CC(C)(C)c1cccc(N2CN(c3cc(Oc4cc(C(C)(C)C)c5c6ccccc6n(-c6cc(C(C)(C)C)ccn6)c5c4)cc(-c4ccccc4)c3)C(C(C)(C)c3ccccc3)=C2C(C)(C)c2ccccc2)c1. The predicted octanol–water partition coefficient (Wildman–Crippen LogP) is 18.0. The van der Waals surface area contributed by atoms with Crippen molar-refractivity contribution in [3.63, 3.8) is 0 Å². The summed E-state index contributed by atoms with van der Waals surface area (Å²) in [6.45, 7) is 30.8. The molecule has 9 aromatic rings. The molecule has 5 nitrogen and oxygen atoms in total. The lowest BCUT2D eigenvalue weighted by Gasteiger charge is -2.38. The summed E-state index contributed by atoms with van der Waals surface area (Å²) < 4.78 is 9.73. The van der Waals surface area contributed by atoms with Crippen LogP contribution in [0.5, 0.6) is 11.5 Å². The third-order valence-corrected chi connectivity index (χ3v) is 15.2. The normalized spacial score (nSPS) is 13.9. The Morgan fingerprint density at radius 1 is 0.411 bits per heavy atom. The molecule has 370 valence electrons. The highest BCUT2D eigenvalue weighted by atomic mass is 16.5. The summed E-state index contributed by atoms with van der Waals surface area (Å²) in [5, 5.41) is 2.42. The van der Waals surface area contributed by atoms with Crippen LogP contribution in [-0.2, 0) is 27.1 Å². The number of pyridine rings is 1. The number of hydrogen-bond acceptors (Lipinski definition) is 4. The average Bonchev–Trinajstić information content (AvgIpc) is 3.95. The molecule has 0 bridgehead atoms. The van der Waals surface area contributed by atoms with E-state index in [2.05, 4.69) is 286 Å². The summed E-state index contributed by atoms with van der Waals surface area (Å²) >= 11 is 0. The Balaban J connectivity index is 1.22. The molecule has 73 heavy (non-hydrogen) atoms. The average molecular weight is 961 g/mol. The molecule has 0 atom stereocenters. The Labute approximate surface area is 434 Å². The van der Waals surface area contributed by atoms with Gasteiger partial charge in [0.05, 0.1) is 29.1 Å². The standard InChI is InChI=1S/C68H72N4O/c1-64(2,3)50-32-25-33-52(40-50)70-45-71(63(68(12,13)49-30-21-16-22-31-49)62(70)67(10,11)48-28-19-15-20-29-48)53-38-47(46-26-17-14-18-27-46)39-54(42-53)73-55-43-57(66(7,8)9)61-56-34-23-24-35-58(56)72(59(61)44-55)60-41-51(36-37-69-60)65(4,5)6/h14-44H,45H2,1-13H3. The summed E-state index contributed by atoms with van der Waals surface area (Å²) in [4.78, 5) is 10.2. The van der Waals surface area contributed by atoms with Crippen molar-refractivity contribution < 1.29 is 4.74 Å². The van der Waals surface area contributed by atoms with Gasteiger partial charge in [-0.15, -0.1) is 0 Å². The van der Waals surface area contributed by atoms with Gasteiger partial charge < -0.3 is 14.5 Å². The molecule has 0 spiro atoms. The number of fused-ring (bicyclic) bond motifs is 3. The lowest BCUT2D eigenvalue weighted by Crippen LogP contribution is -2.34. The van der Waals surface area contributed by atoms with Crippen LogP contribution in [0.3, 0.4) is 0 Å². The van der Waals surface area contributed by atoms with Gasteiger partial charge in [-0.3, -0.25) is 4.57 Å². The van der Waals surface area contributed by atoms with Crippen LogP contribution in [0.1, 0.15) is 118 Å². The van der Waals surface area contributed by atoms with Crippen molar-refractivity contribution in [2.75, 3.05) is 16.5 Å². The molecular formula is C68H72N4O. The number of anilines is 2. The topological polar surface area (TPSA) is 33.5 Å². The molecule has 0 saturated heterocycles. The minimum absolute atomic E-state index is 0.0339. The van der Waals surface area contributed by atoms with Crippen molar-refractivity contribution in [2.24, 2.45) is 0 Å². The molecule has 0 amide bonds. The summed E-state index contributed by atoms with van der Waals surface area (Å²) in [7, 11) is 0. The number of rotatable bonds is 10. The number of allylic oxidation sites excluding steroid dienone is 2. The van der Waals surface area contributed by atoms with Gasteiger partial charge >= 0.3 is 0 Å². The molecule has 0 radical (unpaired) electrons. The lowest BCUT2D eigenvalue weighted by atomic mass is 9.73. The minimum Gasteiger partial charge on any atom is -0.457 e. The van der Waals surface area contributed by atoms with Gasteiger partial charge in [0.2, 0.25) is 0 Å². The Kier molecular flexibility index (Phi) is 12.3. The van der Waals surface area contributed by atoms with Crippen molar-refractivity contribution in [3.05, 3.63) is 227 Å². The second-order valence-corrected chi connectivity index (χ2v) is 24.3. The van der Waals surface area contributed by atoms with Crippen LogP contribution in [0, 0.1) is 0 Å². The van der Waals surface area contributed by atoms with Crippen LogP contribution in [0.15, 0.2) is 200 Å². The first-order valence-electron chi connectivity index (χ1n) is 26.1. The maximum absolute atomic E-state index is 7.39. The van der Waals surface area contributed by atoms with E-state index in [0.717, 1.165) is 45.2 Å². The molecule has 1 aliphatic heterocycles. The van der Waals surface area contributed by atoms with Gasteiger partial charge in [-0.1, -0.05) is 211 Å². The second-order valence-electron chi connectivity index (χ2n) is 24.3. The molecule has 0 unspecified atom stereocenters. The molecule has 5 heteroatoms. The van der Waals surface area contributed by atoms with Crippen LogP contribution >= 0.6 is 0 Å². The first-order valence-corrected chi connectivity index (χ1v) is 26.1. The summed E-state index contributed by atoms with van der Waals surface area (Å²) in [5.74, 6) is 2.43. The fourth-order valence-electron chi connectivity index (χ4n) is 11.1. The zero-order valence-electron chi connectivity index (χ0n) is 45.3. The van der Waals surface area contributed by atoms with Gasteiger partial charge in [-0.25, -0.2) is 4.98 Å². The van der Waals surface area contributed by atoms with Gasteiger partial charge in [-0.05, 0) is 104 Å². The highest BCUT2D eigenvalue weighted by Gasteiger charge is 2.46. The van der Waals surface area contributed by atoms with E-state index < -0.39 is 10.8 Å². The zero-order chi connectivity index (χ0) is 51.7. The van der Waals surface area contributed by atoms with Gasteiger partial charge in [0, 0.05) is 51.3 Å². The van der Waals surface area contributed by atoms with Crippen LogP contribution in [0.4, 0.5) is 11.4 Å². The van der Waals surface area contributed by atoms with Crippen LogP contribution < -0.4 is 14.5 Å². The van der Waals surface area contributed by atoms with E-state index in [0.29, 0.717) is 6.67 Å². The fraction of sp³-hybridized carbons (Fsp3) is 0.279. The van der Waals surface area contributed by atoms with E-state index in [1.54, 1.807) is 0 Å². The lowest BCUT2D eigenvalue weighted by molar-refractivity contribution is 0.480. The summed E-state index contributed by atoms with van der Waals surface area (Å²) in [6, 6.07) is 66.5. The first-order chi connectivity index (χ1) is 34.6. The zero-order valence-corrected chi connectivity index (χ0v) is 45.3. The molecule has 2 aromatic heterocycles. The third-order valence-electron chi connectivity index (χ3n) is 15.2. The highest BCUT2D eigenvalue weighted by molar-refractivity contribution is 6.11. The van der Waals surface area contributed by atoms with Gasteiger partial charge in [-0.2, -0.15) is 0 Å². The predicted molar refractivity (Wildman–Crippen MR) is 309 cm³/mol. The van der Waals surface area contributed by atoms with Crippen molar-refractivity contribution in [1.82, 2.24) is 9.55 Å². The van der Waals surface area contributed by atoms with Crippen LogP contribution in [-0.4, -0.2) is 16.2 Å². The fourth-order valence-corrected chi connectivity index (χ4v) is 11.1. The Morgan fingerprint density at radius 2 is 0.945 bits per heavy atom. The molecule has 3 heterocycles. The maximum atomic E-state index is 7.39. The van der Waals surface area contributed by atoms with Crippen LogP contribution in [0.25, 0.3) is 38.8 Å². The van der Waals surface area contributed by atoms with E-state index in [4.69, 9.17) is 9.72 Å². The Morgan fingerprint density at radius 3 is 1.55 bits per heavy atom. The van der Waals surface area contributed by atoms with Gasteiger partial charge in [0.1, 0.15) is 17.3 Å². The van der Waals surface area contributed by atoms with E-state index in [9.17, 15) is 0 Å². The number of benzene rings is 7.